The largest absolute Gasteiger partial charge is 0.377 e. The molecular weight excluding hydrogens is 126 g/mol. The second kappa shape index (κ2) is 3.35. The number of hydrogen-bond acceptors (Lipinski definition) is 2. The Hall–Kier alpha value is -0.0800. The Labute approximate surface area is 63.0 Å². The molecule has 2 nitrogen and oxygen atoms in total. The quantitative estimate of drug-likeness (QED) is 0.546. The Kier molecular flexibility index (Phi) is 2.69. The van der Waals surface area contributed by atoms with Crippen molar-refractivity contribution < 1.29 is 4.74 Å². The van der Waals surface area contributed by atoms with Gasteiger partial charge in [-0.25, -0.2) is 0 Å². The molecule has 3 unspecified atom stereocenters. The molecule has 0 saturated carbocycles. The lowest BCUT2D eigenvalue weighted by Gasteiger charge is -2.15. The van der Waals surface area contributed by atoms with Crippen LogP contribution in [-0.2, 0) is 4.74 Å². The first-order valence-electron chi connectivity index (χ1n) is 4.05. The summed E-state index contributed by atoms with van der Waals surface area (Å²) in [7, 11) is 0. The second-order valence-corrected chi connectivity index (χ2v) is 3.32. The molecule has 1 fully saturated rings. The number of hydrogen-bond donors (Lipinski definition) is 1. The van der Waals surface area contributed by atoms with Crippen LogP contribution >= 0.6 is 0 Å². The van der Waals surface area contributed by atoms with Crippen LogP contribution in [0.5, 0.6) is 0 Å². The van der Waals surface area contributed by atoms with E-state index >= 15 is 0 Å². The second-order valence-electron chi connectivity index (χ2n) is 3.32. The van der Waals surface area contributed by atoms with Gasteiger partial charge >= 0.3 is 0 Å². The van der Waals surface area contributed by atoms with Gasteiger partial charge in [-0.3, -0.25) is 0 Å². The molecule has 0 aliphatic carbocycles. The van der Waals surface area contributed by atoms with Gasteiger partial charge in [-0.05, 0) is 19.8 Å². The van der Waals surface area contributed by atoms with Gasteiger partial charge in [-0.2, -0.15) is 0 Å². The van der Waals surface area contributed by atoms with Crippen LogP contribution in [0.4, 0.5) is 0 Å². The van der Waals surface area contributed by atoms with Gasteiger partial charge in [0.25, 0.3) is 0 Å². The minimum atomic E-state index is 0.382. The van der Waals surface area contributed by atoms with Crippen molar-refractivity contribution in [3.63, 3.8) is 0 Å². The summed E-state index contributed by atoms with van der Waals surface area (Å²) >= 11 is 0. The zero-order valence-corrected chi connectivity index (χ0v) is 7.05. The van der Waals surface area contributed by atoms with Gasteiger partial charge in [0, 0.05) is 12.6 Å². The lowest BCUT2D eigenvalue weighted by molar-refractivity contribution is 0.0620. The molecule has 1 aliphatic rings. The van der Waals surface area contributed by atoms with Gasteiger partial charge in [-0.1, -0.05) is 6.92 Å². The maximum Gasteiger partial charge on any atom is 0.0671 e. The zero-order chi connectivity index (χ0) is 7.56. The summed E-state index contributed by atoms with van der Waals surface area (Å²) in [6.07, 6.45) is 0.382. The van der Waals surface area contributed by atoms with E-state index in [-0.39, 0.29) is 0 Å². The molecule has 0 aromatic heterocycles. The lowest BCUT2D eigenvalue weighted by atomic mass is 10.1. The predicted molar refractivity (Wildman–Crippen MR) is 42.0 cm³/mol. The van der Waals surface area contributed by atoms with Gasteiger partial charge < -0.3 is 10.1 Å². The average molecular weight is 143 g/mol. The van der Waals surface area contributed by atoms with Crippen molar-refractivity contribution in [1.29, 1.82) is 0 Å². The van der Waals surface area contributed by atoms with E-state index in [1.165, 1.54) is 0 Å². The Morgan fingerprint density at radius 2 is 2.00 bits per heavy atom. The third kappa shape index (κ3) is 1.96. The number of ether oxygens (including phenoxy) is 1. The van der Waals surface area contributed by atoms with Crippen LogP contribution in [0, 0.1) is 5.92 Å². The van der Waals surface area contributed by atoms with Crippen LogP contribution in [0.2, 0.25) is 0 Å². The maximum absolute atomic E-state index is 5.52. The smallest absolute Gasteiger partial charge is 0.0671 e. The minimum absolute atomic E-state index is 0.382. The topological polar surface area (TPSA) is 21.3 Å². The third-order valence-corrected chi connectivity index (χ3v) is 2.22. The van der Waals surface area contributed by atoms with Gasteiger partial charge in [0.05, 0.1) is 12.7 Å². The van der Waals surface area contributed by atoms with Crippen molar-refractivity contribution >= 4 is 0 Å². The predicted octanol–water partition coefficient (Wildman–Crippen LogP) is 1.02. The third-order valence-electron chi connectivity index (χ3n) is 2.22. The van der Waals surface area contributed by atoms with Gasteiger partial charge in [0.1, 0.15) is 0 Å². The van der Waals surface area contributed by atoms with Crippen molar-refractivity contribution in [2.75, 3.05) is 13.2 Å². The van der Waals surface area contributed by atoms with Crippen LogP contribution in [0.15, 0.2) is 0 Å². The monoisotopic (exact) mass is 143 g/mol. The van der Waals surface area contributed by atoms with E-state index in [0.29, 0.717) is 18.1 Å². The highest BCUT2D eigenvalue weighted by atomic mass is 16.5. The summed E-state index contributed by atoms with van der Waals surface area (Å²) in [5.41, 5.74) is 0. The van der Waals surface area contributed by atoms with E-state index in [0.717, 1.165) is 13.2 Å². The number of rotatable bonds is 0. The SMILES string of the molecule is CC1CNC(C)C(C)CO1. The Morgan fingerprint density at radius 3 is 2.70 bits per heavy atom. The highest BCUT2D eigenvalue weighted by Gasteiger charge is 2.17. The van der Waals surface area contributed by atoms with Crippen LogP contribution in [-0.4, -0.2) is 25.3 Å². The standard InChI is InChI=1S/C8H17NO/c1-6-5-10-7(2)4-9-8(6)3/h6-9H,4-5H2,1-3H3. The molecule has 1 saturated heterocycles. The van der Waals surface area contributed by atoms with Crippen molar-refractivity contribution in [2.45, 2.75) is 32.9 Å². The summed E-state index contributed by atoms with van der Waals surface area (Å²) in [5, 5.41) is 3.42. The molecule has 0 aromatic carbocycles. The van der Waals surface area contributed by atoms with Crippen molar-refractivity contribution in [2.24, 2.45) is 5.92 Å². The van der Waals surface area contributed by atoms with E-state index < -0.39 is 0 Å². The van der Waals surface area contributed by atoms with Crippen LogP contribution in [0.1, 0.15) is 20.8 Å². The number of nitrogens with one attached hydrogen (secondary N) is 1. The molecule has 1 N–H and O–H groups in total. The van der Waals surface area contributed by atoms with Crippen LogP contribution < -0.4 is 5.32 Å². The van der Waals surface area contributed by atoms with E-state index in [9.17, 15) is 0 Å². The Balaban J connectivity index is 2.38. The Morgan fingerprint density at radius 1 is 1.30 bits per heavy atom. The molecule has 3 atom stereocenters. The fourth-order valence-electron chi connectivity index (χ4n) is 1.07. The fourth-order valence-corrected chi connectivity index (χ4v) is 1.07. The lowest BCUT2D eigenvalue weighted by Crippen LogP contribution is -2.33. The van der Waals surface area contributed by atoms with Gasteiger partial charge in [-0.15, -0.1) is 0 Å². The summed E-state index contributed by atoms with van der Waals surface area (Å²) in [5.74, 6) is 0.643. The molecule has 0 radical (unpaired) electrons. The molecule has 10 heavy (non-hydrogen) atoms. The van der Waals surface area contributed by atoms with Crippen LogP contribution in [0.25, 0.3) is 0 Å². The van der Waals surface area contributed by atoms with Crippen molar-refractivity contribution in [3.05, 3.63) is 0 Å². The summed E-state index contributed by atoms with van der Waals surface area (Å²) in [6, 6.07) is 0.602. The van der Waals surface area contributed by atoms with Crippen LogP contribution in [0.3, 0.4) is 0 Å². The first-order valence-corrected chi connectivity index (χ1v) is 4.05. The minimum Gasteiger partial charge on any atom is -0.377 e. The highest BCUT2D eigenvalue weighted by molar-refractivity contribution is 4.73. The Bertz CT molecular complexity index is 93.4. The summed E-state index contributed by atoms with van der Waals surface area (Å²) in [4.78, 5) is 0. The molecule has 1 aliphatic heterocycles. The summed E-state index contributed by atoms with van der Waals surface area (Å²) < 4.78 is 5.52. The van der Waals surface area contributed by atoms with E-state index in [1.54, 1.807) is 0 Å². The van der Waals surface area contributed by atoms with E-state index in [2.05, 4.69) is 26.1 Å². The van der Waals surface area contributed by atoms with Crippen molar-refractivity contribution in [3.8, 4) is 0 Å². The van der Waals surface area contributed by atoms with E-state index in [1.807, 2.05) is 0 Å². The molecule has 1 rings (SSSR count). The molecular formula is C8H17NO. The molecule has 0 bridgehead atoms. The maximum atomic E-state index is 5.52. The molecule has 0 amide bonds. The first-order chi connectivity index (χ1) is 4.70. The fraction of sp³-hybridized carbons (Fsp3) is 1.00. The van der Waals surface area contributed by atoms with E-state index in [4.69, 9.17) is 4.74 Å². The average Bonchev–Trinajstić information content (AvgIpc) is 2.04. The van der Waals surface area contributed by atoms with Gasteiger partial charge in [0.15, 0.2) is 0 Å². The molecule has 0 aromatic rings. The molecule has 60 valence electrons. The summed E-state index contributed by atoms with van der Waals surface area (Å²) in [6.45, 7) is 8.43. The van der Waals surface area contributed by atoms with Gasteiger partial charge in [0.2, 0.25) is 0 Å². The molecule has 1 heterocycles. The highest BCUT2D eigenvalue weighted by Crippen LogP contribution is 2.08. The zero-order valence-electron chi connectivity index (χ0n) is 7.05. The molecule has 0 spiro atoms. The normalized spacial score (nSPS) is 42.9. The first kappa shape index (κ1) is 8.02. The van der Waals surface area contributed by atoms with Crippen molar-refractivity contribution in [1.82, 2.24) is 5.32 Å². The molecule has 2 heteroatoms.